The molecule has 1 aliphatic carbocycles. The normalized spacial score (nSPS) is 13.9. The van der Waals surface area contributed by atoms with Gasteiger partial charge in [-0.25, -0.2) is 17.6 Å². The zero-order valence-corrected chi connectivity index (χ0v) is 12.0. The number of benzene rings is 2. The van der Waals surface area contributed by atoms with Crippen LogP contribution in [0.2, 0.25) is 0 Å². The summed E-state index contributed by atoms with van der Waals surface area (Å²) in [5.74, 6) is -4.09. The summed E-state index contributed by atoms with van der Waals surface area (Å²) in [6.07, 6.45) is 1.52. The van der Waals surface area contributed by atoms with E-state index in [9.17, 15) is 22.4 Å². The van der Waals surface area contributed by atoms with E-state index >= 15 is 0 Å². The number of amides is 1. The van der Waals surface area contributed by atoms with Crippen LogP contribution in [0.4, 0.5) is 17.6 Å². The highest BCUT2D eigenvalue weighted by Crippen LogP contribution is 2.30. The number of carbonyl (C=O) groups excluding carboxylic acids is 1. The minimum atomic E-state index is -1.11. The fraction of sp³-hybridized carbons (Fsp3) is 0.235. The third kappa shape index (κ3) is 3.36. The third-order valence-electron chi connectivity index (χ3n) is 3.77. The van der Waals surface area contributed by atoms with Gasteiger partial charge in [-0.15, -0.1) is 0 Å². The van der Waals surface area contributed by atoms with Crippen molar-refractivity contribution in [3.63, 3.8) is 0 Å². The summed E-state index contributed by atoms with van der Waals surface area (Å²) < 4.78 is 53.0. The number of hydrogen-bond donors (Lipinski definition) is 0. The molecule has 2 nitrogen and oxygen atoms in total. The molecule has 1 saturated carbocycles. The van der Waals surface area contributed by atoms with Gasteiger partial charge in [-0.2, -0.15) is 0 Å². The highest BCUT2D eigenvalue weighted by molar-refractivity contribution is 5.94. The molecule has 0 spiro atoms. The highest BCUT2D eigenvalue weighted by atomic mass is 19.2. The molecule has 1 amide bonds. The first-order valence-corrected chi connectivity index (χ1v) is 7.15. The largest absolute Gasteiger partial charge is 0.331 e. The number of nitrogens with zero attached hydrogens (tertiary/aromatic N) is 1. The second kappa shape index (κ2) is 6.02. The van der Waals surface area contributed by atoms with E-state index in [0.29, 0.717) is 0 Å². The molecule has 0 radical (unpaired) electrons. The molecule has 2 aromatic rings. The van der Waals surface area contributed by atoms with Gasteiger partial charge in [0.15, 0.2) is 11.6 Å². The summed E-state index contributed by atoms with van der Waals surface area (Å²) in [7, 11) is 0. The summed E-state index contributed by atoms with van der Waals surface area (Å²) in [6, 6.07) is 5.98. The minimum Gasteiger partial charge on any atom is -0.331 e. The molecule has 0 N–H and O–H groups in total. The van der Waals surface area contributed by atoms with Crippen LogP contribution in [0.3, 0.4) is 0 Å². The van der Waals surface area contributed by atoms with Crippen LogP contribution in [0.5, 0.6) is 0 Å². The van der Waals surface area contributed by atoms with Crippen LogP contribution in [-0.2, 0) is 6.54 Å². The van der Waals surface area contributed by atoms with E-state index in [1.165, 1.54) is 17.0 Å². The lowest BCUT2D eigenvalue weighted by Gasteiger charge is -2.23. The summed E-state index contributed by atoms with van der Waals surface area (Å²) in [5, 5.41) is 0. The maximum absolute atomic E-state index is 13.8. The van der Waals surface area contributed by atoms with Crippen LogP contribution < -0.4 is 0 Å². The first-order valence-electron chi connectivity index (χ1n) is 7.15. The van der Waals surface area contributed by atoms with Crippen molar-refractivity contribution in [3.8, 4) is 0 Å². The minimum absolute atomic E-state index is 0.00156. The second-order valence-corrected chi connectivity index (χ2v) is 5.53. The Bertz CT molecular complexity index is 758. The SMILES string of the molecule is O=C(c1ccc(F)c(F)c1)N(Cc1ccc(F)cc1F)C1CC1. The maximum Gasteiger partial charge on any atom is 0.254 e. The van der Waals surface area contributed by atoms with Gasteiger partial charge in [0.1, 0.15) is 11.6 Å². The Labute approximate surface area is 130 Å². The molecule has 6 heteroatoms. The van der Waals surface area contributed by atoms with Gasteiger partial charge in [0.25, 0.3) is 5.91 Å². The van der Waals surface area contributed by atoms with Crippen LogP contribution in [-0.4, -0.2) is 16.8 Å². The monoisotopic (exact) mass is 323 g/mol. The lowest BCUT2D eigenvalue weighted by Crippen LogP contribution is -2.33. The van der Waals surface area contributed by atoms with Gasteiger partial charge >= 0.3 is 0 Å². The van der Waals surface area contributed by atoms with E-state index in [1.54, 1.807) is 0 Å². The van der Waals surface area contributed by atoms with Crippen LogP contribution in [0.15, 0.2) is 36.4 Å². The molecule has 0 saturated heterocycles. The predicted molar refractivity (Wildman–Crippen MR) is 75.6 cm³/mol. The van der Waals surface area contributed by atoms with Crippen LogP contribution >= 0.6 is 0 Å². The summed E-state index contributed by atoms with van der Waals surface area (Å²) in [6.45, 7) is -0.0470. The van der Waals surface area contributed by atoms with Gasteiger partial charge in [0.05, 0.1) is 0 Å². The molecule has 0 bridgehead atoms. The molecule has 3 rings (SSSR count). The van der Waals surface area contributed by atoms with Crippen LogP contribution in [0.25, 0.3) is 0 Å². The highest BCUT2D eigenvalue weighted by Gasteiger charge is 2.33. The van der Waals surface area contributed by atoms with Gasteiger partial charge in [0.2, 0.25) is 0 Å². The van der Waals surface area contributed by atoms with E-state index in [2.05, 4.69) is 0 Å². The Morgan fingerprint density at radius 3 is 2.30 bits per heavy atom. The second-order valence-electron chi connectivity index (χ2n) is 5.53. The molecule has 2 aromatic carbocycles. The summed E-state index contributed by atoms with van der Waals surface area (Å²) in [5.41, 5.74) is 0.174. The van der Waals surface area contributed by atoms with Crippen molar-refractivity contribution in [1.29, 1.82) is 0 Å². The number of rotatable bonds is 4. The van der Waals surface area contributed by atoms with E-state index in [0.717, 1.165) is 37.1 Å². The zero-order chi connectivity index (χ0) is 16.6. The van der Waals surface area contributed by atoms with Crippen molar-refractivity contribution < 1.29 is 22.4 Å². The van der Waals surface area contributed by atoms with Gasteiger partial charge < -0.3 is 4.90 Å². The smallest absolute Gasteiger partial charge is 0.254 e. The Balaban J connectivity index is 1.86. The predicted octanol–water partition coefficient (Wildman–Crippen LogP) is 4.05. The molecule has 23 heavy (non-hydrogen) atoms. The van der Waals surface area contributed by atoms with Crippen LogP contribution in [0.1, 0.15) is 28.8 Å². The fourth-order valence-electron chi connectivity index (χ4n) is 2.38. The van der Waals surface area contributed by atoms with Gasteiger partial charge in [-0.1, -0.05) is 6.07 Å². The van der Waals surface area contributed by atoms with Crippen molar-refractivity contribution in [2.75, 3.05) is 0 Å². The topological polar surface area (TPSA) is 20.3 Å². The first kappa shape index (κ1) is 15.5. The van der Waals surface area contributed by atoms with Crippen molar-refractivity contribution >= 4 is 5.91 Å². The summed E-state index contributed by atoms with van der Waals surface area (Å²) >= 11 is 0. The molecule has 1 fully saturated rings. The lowest BCUT2D eigenvalue weighted by atomic mass is 10.1. The van der Waals surface area contributed by atoms with Crippen molar-refractivity contribution in [2.45, 2.75) is 25.4 Å². The zero-order valence-electron chi connectivity index (χ0n) is 12.0. The Kier molecular flexibility index (Phi) is 4.07. The molecule has 0 heterocycles. The molecular weight excluding hydrogens is 310 g/mol. The number of halogens is 4. The van der Waals surface area contributed by atoms with E-state index in [-0.39, 0.29) is 23.7 Å². The molecule has 0 unspecified atom stereocenters. The fourth-order valence-corrected chi connectivity index (χ4v) is 2.38. The van der Waals surface area contributed by atoms with Crippen molar-refractivity contribution in [3.05, 3.63) is 70.8 Å². The average molecular weight is 323 g/mol. The molecule has 1 aliphatic rings. The number of carbonyl (C=O) groups is 1. The van der Waals surface area contributed by atoms with Gasteiger partial charge in [-0.3, -0.25) is 4.79 Å². The Morgan fingerprint density at radius 1 is 0.957 bits per heavy atom. The average Bonchev–Trinajstić information content (AvgIpc) is 3.33. The maximum atomic E-state index is 13.8. The standard InChI is InChI=1S/C17H13F4NO/c18-12-3-1-11(15(20)8-12)9-22(13-4-5-13)17(23)10-2-6-14(19)16(21)7-10/h1-3,6-8,13H,4-5,9H2. The molecular formula is C17H13F4NO. The van der Waals surface area contributed by atoms with Crippen LogP contribution in [0, 0.1) is 23.3 Å². The van der Waals surface area contributed by atoms with Gasteiger partial charge in [0, 0.05) is 29.8 Å². The van der Waals surface area contributed by atoms with E-state index in [1.807, 2.05) is 0 Å². The van der Waals surface area contributed by atoms with E-state index < -0.39 is 29.2 Å². The van der Waals surface area contributed by atoms with Crippen molar-refractivity contribution in [2.24, 2.45) is 0 Å². The first-order chi connectivity index (χ1) is 11.0. The molecule has 0 atom stereocenters. The molecule has 120 valence electrons. The van der Waals surface area contributed by atoms with Crippen molar-refractivity contribution in [1.82, 2.24) is 4.90 Å². The molecule has 0 aromatic heterocycles. The lowest BCUT2D eigenvalue weighted by molar-refractivity contribution is 0.0727. The van der Waals surface area contributed by atoms with Gasteiger partial charge in [-0.05, 0) is 37.1 Å². The van der Waals surface area contributed by atoms with E-state index in [4.69, 9.17) is 0 Å². The third-order valence-corrected chi connectivity index (χ3v) is 3.77. The Hall–Kier alpha value is -2.37. The summed E-state index contributed by atoms with van der Waals surface area (Å²) in [4.78, 5) is 13.9. The quantitative estimate of drug-likeness (QED) is 0.778. The Morgan fingerprint density at radius 2 is 1.70 bits per heavy atom. The molecule has 0 aliphatic heterocycles. The number of hydrogen-bond acceptors (Lipinski definition) is 1.